The SMILES string of the molecule is CN(Cc1cccc2c1OC(C)(C)C2)C[C@@H]1C[C@@H](O)CN1. The van der Waals surface area contributed by atoms with E-state index in [4.69, 9.17) is 4.74 Å². The van der Waals surface area contributed by atoms with E-state index >= 15 is 0 Å². The second kappa shape index (κ2) is 5.59. The fourth-order valence-electron chi connectivity index (χ4n) is 3.47. The smallest absolute Gasteiger partial charge is 0.127 e. The van der Waals surface area contributed by atoms with Gasteiger partial charge >= 0.3 is 0 Å². The van der Waals surface area contributed by atoms with Gasteiger partial charge in [0.05, 0.1) is 6.10 Å². The summed E-state index contributed by atoms with van der Waals surface area (Å²) in [5.41, 5.74) is 2.49. The summed E-state index contributed by atoms with van der Waals surface area (Å²) in [7, 11) is 2.13. The maximum absolute atomic E-state index is 9.59. The molecule has 2 aliphatic heterocycles. The number of nitrogens with one attached hydrogen (secondary N) is 1. The lowest BCUT2D eigenvalue weighted by Gasteiger charge is -2.23. The molecule has 2 atom stereocenters. The predicted octanol–water partition coefficient (Wildman–Crippen LogP) is 1.55. The summed E-state index contributed by atoms with van der Waals surface area (Å²) in [6.45, 7) is 6.84. The second-order valence-electron chi connectivity index (χ2n) is 7.14. The number of para-hydroxylation sites is 1. The Labute approximate surface area is 127 Å². The van der Waals surface area contributed by atoms with Crippen molar-refractivity contribution in [3.8, 4) is 5.75 Å². The first kappa shape index (κ1) is 14.8. The number of nitrogens with zero attached hydrogens (tertiary/aromatic N) is 1. The molecule has 1 aromatic rings. The van der Waals surface area contributed by atoms with Crippen molar-refractivity contribution in [3.63, 3.8) is 0 Å². The number of benzene rings is 1. The highest BCUT2D eigenvalue weighted by molar-refractivity contribution is 5.45. The molecule has 21 heavy (non-hydrogen) atoms. The predicted molar refractivity (Wildman–Crippen MR) is 83.6 cm³/mol. The molecule has 0 spiro atoms. The number of fused-ring (bicyclic) bond motifs is 1. The molecule has 1 aromatic carbocycles. The standard InChI is InChI=1S/C17H26N2O2/c1-17(2)8-12-5-4-6-13(16(12)21-17)10-19(3)11-14-7-15(20)9-18-14/h4-6,14-15,18,20H,7-11H2,1-3H3/t14-,15+/m0/s1. The van der Waals surface area contributed by atoms with E-state index in [1.165, 1.54) is 11.1 Å². The van der Waals surface area contributed by atoms with Crippen LogP contribution in [0.5, 0.6) is 5.75 Å². The number of β-amino-alcohol motifs (C(OH)–C–C–N with tert-alkyl or cyclic N) is 1. The van der Waals surface area contributed by atoms with E-state index < -0.39 is 0 Å². The van der Waals surface area contributed by atoms with E-state index in [0.29, 0.717) is 6.04 Å². The molecule has 0 amide bonds. The minimum absolute atomic E-state index is 0.0892. The van der Waals surface area contributed by atoms with Crippen molar-refractivity contribution in [2.45, 2.75) is 51.0 Å². The van der Waals surface area contributed by atoms with Crippen LogP contribution >= 0.6 is 0 Å². The minimum Gasteiger partial charge on any atom is -0.487 e. The van der Waals surface area contributed by atoms with Crippen LogP contribution in [0.1, 0.15) is 31.4 Å². The Hall–Kier alpha value is -1.10. The molecular formula is C17H26N2O2. The summed E-state index contributed by atoms with van der Waals surface area (Å²) in [5, 5.41) is 13.0. The summed E-state index contributed by atoms with van der Waals surface area (Å²) in [6, 6.07) is 6.85. The van der Waals surface area contributed by atoms with Gasteiger partial charge in [-0.2, -0.15) is 0 Å². The summed E-state index contributed by atoms with van der Waals surface area (Å²) < 4.78 is 6.13. The van der Waals surface area contributed by atoms with Crippen LogP contribution in [-0.2, 0) is 13.0 Å². The highest BCUT2D eigenvalue weighted by Crippen LogP contribution is 2.37. The zero-order valence-corrected chi connectivity index (χ0v) is 13.2. The van der Waals surface area contributed by atoms with Crippen molar-refractivity contribution >= 4 is 0 Å². The van der Waals surface area contributed by atoms with Gasteiger partial charge in [0.25, 0.3) is 0 Å². The van der Waals surface area contributed by atoms with Gasteiger partial charge < -0.3 is 20.1 Å². The topological polar surface area (TPSA) is 44.7 Å². The van der Waals surface area contributed by atoms with Crippen LogP contribution in [-0.4, -0.2) is 47.9 Å². The third kappa shape index (κ3) is 3.39. The Morgan fingerprint density at radius 2 is 2.24 bits per heavy atom. The van der Waals surface area contributed by atoms with Crippen LogP contribution in [0, 0.1) is 0 Å². The lowest BCUT2D eigenvalue weighted by molar-refractivity contribution is 0.135. The van der Waals surface area contributed by atoms with Crippen molar-refractivity contribution in [1.82, 2.24) is 10.2 Å². The van der Waals surface area contributed by atoms with Crippen LogP contribution in [0.25, 0.3) is 0 Å². The third-order valence-corrected chi connectivity index (χ3v) is 4.34. The summed E-state index contributed by atoms with van der Waals surface area (Å²) in [6.07, 6.45) is 1.64. The molecule has 0 aromatic heterocycles. The average Bonchev–Trinajstić information content (AvgIpc) is 2.91. The van der Waals surface area contributed by atoms with E-state index in [1.54, 1.807) is 0 Å². The lowest BCUT2D eigenvalue weighted by Crippen LogP contribution is -2.35. The number of rotatable bonds is 4. The zero-order chi connectivity index (χ0) is 15.0. The molecule has 1 fully saturated rings. The molecule has 0 aliphatic carbocycles. The summed E-state index contributed by atoms with van der Waals surface area (Å²) in [5.74, 6) is 1.08. The molecule has 2 aliphatic rings. The van der Waals surface area contributed by atoms with Gasteiger partial charge in [0, 0.05) is 37.7 Å². The van der Waals surface area contributed by atoms with Gasteiger partial charge in [-0.3, -0.25) is 0 Å². The molecule has 116 valence electrons. The number of aliphatic hydroxyl groups excluding tert-OH is 1. The monoisotopic (exact) mass is 290 g/mol. The van der Waals surface area contributed by atoms with Gasteiger partial charge in [-0.25, -0.2) is 0 Å². The van der Waals surface area contributed by atoms with Gasteiger partial charge in [0.1, 0.15) is 11.4 Å². The van der Waals surface area contributed by atoms with Crippen LogP contribution in [0.2, 0.25) is 0 Å². The second-order valence-corrected chi connectivity index (χ2v) is 7.14. The van der Waals surface area contributed by atoms with Gasteiger partial charge in [-0.15, -0.1) is 0 Å². The molecule has 2 N–H and O–H groups in total. The molecule has 0 saturated carbocycles. The normalized spacial score (nSPS) is 26.9. The van der Waals surface area contributed by atoms with Crippen LogP contribution < -0.4 is 10.1 Å². The Morgan fingerprint density at radius 1 is 1.43 bits per heavy atom. The van der Waals surface area contributed by atoms with E-state index in [2.05, 4.69) is 49.3 Å². The summed E-state index contributed by atoms with van der Waals surface area (Å²) >= 11 is 0. The van der Waals surface area contributed by atoms with Crippen molar-refractivity contribution < 1.29 is 9.84 Å². The minimum atomic E-state index is -0.187. The molecule has 0 radical (unpaired) electrons. The first-order chi connectivity index (χ1) is 9.93. The lowest BCUT2D eigenvalue weighted by atomic mass is 10.0. The Bertz CT molecular complexity index is 516. The van der Waals surface area contributed by atoms with Crippen molar-refractivity contribution in [3.05, 3.63) is 29.3 Å². The van der Waals surface area contributed by atoms with Crippen LogP contribution in [0.3, 0.4) is 0 Å². The molecule has 3 rings (SSSR count). The largest absolute Gasteiger partial charge is 0.487 e. The van der Waals surface area contributed by atoms with E-state index in [-0.39, 0.29) is 11.7 Å². The zero-order valence-electron chi connectivity index (χ0n) is 13.2. The Kier molecular flexibility index (Phi) is 3.95. The fourth-order valence-corrected chi connectivity index (χ4v) is 3.47. The molecular weight excluding hydrogens is 264 g/mol. The molecule has 0 unspecified atom stereocenters. The number of hydrogen-bond acceptors (Lipinski definition) is 4. The first-order valence-electron chi connectivity index (χ1n) is 7.83. The van der Waals surface area contributed by atoms with E-state index in [9.17, 15) is 5.11 Å². The molecule has 0 bridgehead atoms. The van der Waals surface area contributed by atoms with Gasteiger partial charge in [-0.1, -0.05) is 18.2 Å². The maximum atomic E-state index is 9.59. The number of hydrogen-bond donors (Lipinski definition) is 2. The first-order valence-corrected chi connectivity index (χ1v) is 7.83. The van der Waals surface area contributed by atoms with Crippen molar-refractivity contribution in [1.29, 1.82) is 0 Å². The average molecular weight is 290 g/mol. The Balaban J connectivity index is 1.65. The fraction of sp³-hybridized carbons (Fsp3) is 0.647. The number of aliphatic hydroxyl groups is 1. The van der Waals surface area contributed by atoms with Gasteiger partial charge in [0.2, 0.25) is 0 Å². The van der Waals surface area contributed by atoms with Crippen molar-refractivity contribution in [2.24, 2.45) is 0 Å². The highest BCUT2D eigenvalue weighted by Gasteiger charge is 2.32. The highest BCUT2D eigenvalue weighted by atomic mass is 16.5. The quantitative estimate of drug-likeness (QED) is 0.883. The molecule has 2 heterocycles. The van der Waals surface area contributed by atoms with Gasteiger partial charge in [0.15, 0.2) is 0 Å². The maximum Gasteiger partial charge on any atom is 0.127 e. The Morgan fingerprint density at radius 3 is 2.95 bits per heavy atom. The number of ether oxygens (including phenoxy) is 1. The summed E-state index contributed by atoms with van der Waals surface area (Å²) in [4.78, 5) is 2.31. The van der Waals surface area contributed by atoms with E-state index in [0.717, 1.165) is 38.2 Å². The molecule has 1 saturated heterocycles. The molecule has 4 heteroatoms. The molecule has 4 nitrogen and oxygen atoms in total. The number of likely N-dealkylation sites (N-methyl/N-ethyl adjacent to an activating group) is 1. The van der Waals surface area contributed by atoms with Gasteiger partial charge in [-0.05, 0) is 32.9 Å². The van der Waals surface area contributed by atoms with Crippen LogP contribution in [0.4, 0.5) is 0 Å². The van der Waals surface area contributed by atoms with Crippen LogP contribution in [0.15, 0.2) is 18.2 Å². The van der Waals surface area contributed by atoms with E-state index in [1.807, 2.05) is 0 Å². The third-order valence-electron chi connectivity index (χ3n) is 4.34. The van der Waals surface area contributed by atoms with Crippen molar-refractivity contribution in [2.75, 3.05) is 20.1 Å².